The highest BCUT2D eigenvalue weighted by Gasteiger charge is 2.20. The molecule has 11 rings (SSSR count). The van der Waals surface area contributed by atoms with Gasteiger partial charge < -0.3 is 67.4 Å². The summed E-state index contributed by atoms with van der Waals surface area (Å²) in [5, 5.41) is 45.8. The SMILES string of the molecule is NCCCOc1cc2ccccc2cc1C(=O)Nc1ccc(Cl)cc1O.NCCCOc1cc2ccccc2cc1C(=O)O.NCCOc1cc2ccccc2cc1C(=O)Nc1ccc(Cl)cc1O.O=C1NCCOc2cc3ccccc3cc21. The number of aromatic hydroxyl groups is 2. The number of ether oxygens (including phenoxy) is 4. The Hall–Kier alpha value is -9.62. The molecule has 85 heavy (non-hydrogen) atoms. The minimum absolute atomic E-state index is 0.0572. The van der Waals surface area contributed by atoms with Crippen LogP contribution in [0.4, 0.5) is 11.4 Å². The lowest BCUT2D eigenvalue weighted by Gasteiger charge is -2.14. The first-order valence-electron chi connectivity index (χ1n) is 27.1. The molecular formula is C66H62Cl2N6O11. The van der Waals surface area contributed by atoms with E-state index in [0.29, 0.717) is 115 Å². The summed E-state index contributed by atoms with van der Waals surface area (Å²) in [6.45, 7) is 3.60. The first kappa shape index (κ1) is 61.5. The number of nitrogens with two attached hydrogens (primary N) is 3. The van der Waals surface area contributed by atoms with E-state index in [9.17, 15) is 34.5 Å². The normalized spacial score (nSPS) is 11.4. The highest BCUT2D eigenvalue weighted by atomic mass is 35.5. The van der Waals surface area contributed by atoms with Crippen LogP contribution in [0.15, 0.2) is 182 Å². The fourth-order valence-corrected chi connectivity index (χ4v) is 9.11. The summed E-state index contributed by atoms with van der Waals surface area (Å²) in [6.07, 6.45) is 1.39. The van der Waals surface area contributed by atoms with Crippen molar-refractivity contribution in [1.82, 2.24) is 5.32 Å². The van der Waals surface area contributed by atoms with E-state index in [2.05, 4.69) is 16.0 Å². The van der Waals surface area contributed by atoms with Crippen LogP contribution in [-0.4, -0.2) is 91.6 Å². The van der Waals surface area contributed by atoms with Crippen molar-refractivity contribution in [2.45, 2.75) is 12.8 Å². The molecular weight excluding hydrogens is 1120 g/mol. The number of carbonyl (C=O) groups is 4. The number of benzene rings is 10. The first-order chi connectivity index (χ1) is 41.2. The molecule has 3 amide bonds. The maximum Gasteiger partial charge on any atom is 0.339 e. The molecule has 0 unspecified atom stereocenters. The number of carboxylic acids is 1. The van der Waals surface area contributed by atoms with E-state index in [4.69, 9.17) is 59.4 Å². The third kappa shape index (κ3) is 16.6. The number of anilines is 2. The monoisotopic (exact) mass is 1180 g/mol. The summed E-state index contributed by atoms with van der Waals surface area (Å²) in [6, 6.07) is 54.3. The molecule has 436 valence electrons. The third-order valence-corrected chi connectivity index (χ3v) is 13.5. The molecule has 0 aromatic heterocycles. The van der Waals surface area contributed by atoms with Crippen molar-refractivity contribution >= 4 is 101 Å². The zero-order valence-electron chi connectivity index (χ0n) is 46.0. The predicted octanol–water partition coefficient (Wildman–Crippen LogP) is 12.2. The van der Waals surface area contributed by atoms with E-state index < -0.39 is 11.9 Å². The van der Waals surface area contributed by atoms with Crippen molar-refractivity contribution in [2.24, 2.45) is 17.2 Å². The van der Waals surface area contributed by atoms with Crippen LogP contribution in [0.5, 0.6) is 34.5 Å². The highest BCUT2D eigenvalue weighted by Crippen LogP contribution is 2.34. The van der Waals surface area contributed by atoms with Gasteiger partial charge in [0.2, 0.25) is 0 Å². The lowest BCUT2D eigenvalue weighted by molar-refractivity contribution is 0.0691. The van der Waals surface area contributed by atoms with Crippen LogP contribution in [-0.2, 0) is 0 Å². The lowest BCUT2D eigenvalue weighted by Crippen LogP contribution is -2.24. The van der Waals surface area contributed by atoms with Crippen molar-refractivity contribution < 1.29 is 53.4 Å². The van der Waals surface area contributed by atoms with Gasteiger partial charge in [-0.05, 0) is 142 Å². The van der Waals surface area contributed by atoms with Crippen LogP contribution < -0.4 is 52.1 Å². The van der Waals surface area contributed by atoms with Crippen molar-refractivity contribution in [3.63, 3.8) is 0 Å². The Morgan fingerprint density at radius 3 is 1.27 bits per heavy atom. The number of halogens is 2. The number of carboxylic acid groups (broad SMARTS) is 1. The summed E-state index contributed by atoms with van der Waals surface area (Å²) in [7, 11) is 0. The van der Waals surface area contributed by atoms with Gasteiger partial charge in [-0.2, -0.15) is 0 Å². The van der Waals surface area contributed by atoms with Crippen LogP contribution in [0.1, 0.15) is 54.3 Å². The fourth-order valence-electron chi connectivity index (χ4n) is 8.78. The molecule has 1 heterocycles. The quantitative estimate of drug-likeness (QED) is 0.0321. The second kappa shape index (κ2) is 30.1. The number of aromatic carboxylic acids is 1. The smallest absolute Gasteiger partial charge is 0.339 e. The number of hydrogen-bond acceptors (Lipinski definition) is 13. The van der Waals surface area contributed by atoms with Crippen molar-refractivity contribution in [3.8, 4) is 34.5 Å². The lowest BCUT2D eigenvalue weighted by atomic mass is 10.1. The van der Waals surface area contributed by atoms with Gasteiger partial charge in [0, 0.05) is 28.7 Å². The average molecular weight is 1190 g/mol. The standard InChI is InChI=1S/C20H19ClN2O3.C19H17ClN2O3.C14H15NO3.C13H11NO2/c21-15-6-7-17(18(24)12-15)23-20(25)16-10-13-4-1-2-5-14(13)11-19(16)26-9-3-8-22;20-14-5-6-16(17(23)11-14)22-19(24)15-9-12-3-1-2-4-13(12)10-18(15)25-8-7-21;15-6-3-7-18-13-9-11-5-2-1-4-10(11)8-12(13)14(16)17;15-13-11-7-9-3-1-2-4-10(9)8-12(11)16-6-5-14-13/h1-2,4-7,10-12,24H,3,8-9,22H2,(H,23,25);1-6,9-11,23H,7-8,21H2,(H,22,24);1-2,4-5,8-9H,3,6-7,15H2,(H,16,17);1-4,7-8H,5-6H2,(H,14,15). The number of phenols is 2. The van der Waals surface area contributed by atoms with Crippen LogP contribution >= 0.6 is 23.2 Å². The van der Waals surface area contributed by atoms with E-state index in [1.54, 1.807) is 42.5 Å². The molecule has 10 aromatic carbocycles. The Labute approximate surface area is 499 Å². The van der Waals surface area contributed by atoms with Crippen molar-refractivity contribution in [3.05, 3.63) is 214 Å². The number of carbonyl (C=O) groups excluding carboxylic acids is 3. The number of amides is 3. The maximum absolute atomic E-state index is 12.8. The molecule has 12 N–H and O–H groups in total. The molecule has 1 aliphatic rings. The fraction of sp³-hybridized carbons (Fsp3) is 0.152. The van der Waals surface area contributed by atoms with E-state index >= 15 is 0 Å². The van der Waals surface area contributed by atoms with Crippen LogP contribution in [0.2, 0.25) is 10.0 Å². The number of rotatable bonds is 16. The van der Waals surface area contributed by atoms with E-state index in [1.165, 1.54) is 18.2 Å². The summed E-state index contributed by atoms with van der Waals surface area (Å²) in [5.41, 5.74) is 18.5. The minimum atomic E-state index is -0.983. The van der Waals surface area contributed by atoms with Gasteiger partial charge in [-0.25, -0.2) is 4.79 Å². The Balaban J connectivity index is 0.000000150. The van der Waals surface area contributed by atoms with Crippen LogP contribution in [0, 0.1) is 0 Å². The molecule has 0 bridgehead atoms. The summed E-state index contributed by atoms with van der Waals surface area (Å²) < 4.78 is 22.4. The molecule has 0 aliphatic carbocycles. The van der Waals surface area contributed by atoms with Gasteiger partial charge >= 0.3 is 5.97 Å². The van der Waals surface area contributed by atoms with Gasteiger partial charge in [0.15, 0.2) is 0 Å². The van der Waals surface area contributed by atoms with Crippen LogP contribution in [0.25, 0.3) is 43.1 Å². The highest BCUT2D eigenvalue weighted by molar-refractivity contribution is 6.31. The van der Waals surface area contributed by atoms with Gasteiger partial charge in [-0.15, -0.1) is 0 Å². The van der Waals surface area contributed by atoms with Crippen molar-refractivity contribution in [2.75, 3.05) is 63.2 Å². The van der Waals surface area contributed by atoms with Crippen molar-refractivity contribution in [1.29, 1.82) is 0 Å². The molecule has 0 saturated heterocycles. The largest absolute Gasteiger partial charge is 0.506 e. The third-order valence-electron chi connectivity index (χ3n) is 13.0. The van der Waals surface area contributed by atoms with E-state index in [0.717, 1.165) is 43.1 Å². The van der Waals surface area contributed by atoms with E-state index in [1.807, 2.05) is 121 Å². The zero-order chi connectivity index (χ0) is 60.2. The Morgan fingerprint density at radius 2 is 0.871 bits per heavy atom. The first-order valence-corrected chi connectivity index (χ1v) is 27.8. The zero-order valence-corrected chi connectivity index (χ0v) is 47.5. The molecule has 0 spiro atoms. The Kier molecular flexibility index (Phi) is 21.7. The number of nitrogens with one attached hydrogen (secondary N) is 3. The maximum atomic E-state index is 12.8. The summed E-state index contributed by atoms with van der Waals surface area (Å²) >= 11 is 11.6. The van der Waals surface area contributed by atoms with Gasteiger partial charge in [0.25, 0.3) is 17.7 Å². The average Bonchev–Trinajstić information content (AvgIpc) is 3.93. The molecule has 0 fully saturated rings. The van der Waals surface area contributed by atoms with Crippen LogP contribution in [0.3, 0.4) is 0 Å². The van der Waals surface area contributed by atoms with Gasteiger partial charge in [-0.3, -0.25) is 14.4 Å². The number of hydrogen-bond donors (Lipinski definition) is 9. The Morgan fingerprint density at radius 1 is 0.494 bits per heavy atom. The molecule has 10 aromatic rings. The molecule has 0 atom stereocenters. The van der Waals surface area contributed by atoms with Gasteiger partial charge in [0.1, 0.15) is 53.3 Å². The Bertz CT molecular complexity index is 4020. The minimum Gasteiger partial charge on any atom is -0.506 e. The molecule has 0 radical (unpaired) electrons. The second-order valence-corrected chi connectivity index (χ2v) is 19.9. The topological polar surface area (TPSA) is 280 Å². The van der Waals surface area contributed by atoms with Gasteiger partial charge in [-0.1, -0.05) is 120 Å². The molecule has 0 saturated carbocycles. The molecule has 1 aliphatic heterocycles. The van der Waals surface area contributed by atoms with E-state index in [-0.39, 0.29) is 40.3 Å². The van der Waals surface area contributed by atoms with Gasteiger partial charge in [0.05, 0.1) is 47.8 Å². The molecule has 17 nitrogen and oxygen atoms in total. The number of phenolic OH excluding ortho intramolecular Hbond substituents is 2. The summed E-state index contributed by atoms with van der Waals surface area (Å²) in [4.78, 5) is 48.5. The molecule has 19 heteroatoms. The predicted molar refractivity (Wildman–Crippen MR) is 336 cm³/mol. The number of fused-ring (bicyclic) bond motifs is 5. The summed E-state index contributed by atoms with van der Waals surface area (Å²) in [5.74, 6) is -0.0295. The second-order valence-electron chi connectivity index (χ2n) is 19.0.